The van der Waals surface area contributed by atoms with E-state index in [9.17, 15) is 13.2 Å². The van der Waals surface area contributed by atoms with Crippen molar-refractivity contribution in [3.05, 3.63) is 53.6 Å². The third-order valence-corrected chi connectivity index (χ3v) is 8.08. The SMILES string of the molecule is CCc1ccc(S(=O)(=O)Nc2cc(C(=O)N3CCN(CC)CC3)ccc2N2CCNCC2)cc1. The first-order valence-electron chi connectivity index (χ1n) is 12.1. The van der Waals surface area contributed by atoms with Crippen molar-refractivity contribution in [2.45, 2.75) is 25.2 Å². The molecule has 0 atom stereocenters. The van der Waals surface area contributed by atoms with Gasteiger partial charge >= 0.3 is 0 Å². The number of hydrogen-bond acceptors (Lipinski definition) is 6. The summed E-state index contributed by atoms with van der Waals surface area (Å²) in [6, 6.07) is 12.3. The highest BCUT2D eigenvalue weighted by Gasteiger charge is 2.25. The highest BCUT2D eigenvalue weighted by atomic mass is 32.2. The van der Waals surface area contributed by atoms with Gasteiger partial charge < -0.3 is 20.0 Å². The van der Waals surface area contributed by atoms with E-state index in [-0.39, 0.29) is 10.8 Å². The topological polar surface area (TPSA) is 85.0 Å². The van der Waals surface area contributed by atoms with E-state index < -0.39 is 10.0 Å². The van der Waals surface area contributed by atoms with E-state index in [0.29, 0.717) is 24.3 Å². The number of hydrogen-bond donors (Lipinski definition) is 2. The standard InChI is InChI=1S/C25H35N5O3S/c1-3-20-5-8-22(9-6-20)34(32,33)27-23-19-21(7-10-24(23)29-13-11-26-12-14-29)25(31)30-17-15-28(4-2)16-18-30/h5-10,19,26-27H,3-4,11-18H2,1-2H3. The van der Waals surface area contributed by atoms with Crippen LogP contribution in [0.4, 0.5) is 11.4 Å². The van der Waals surface area contributed by atoms with Gasteiger partial charge in [0, 0.05) is 57.9 Å². The Labute approximate surface area is 203 Å². The van der Waals surface area contributed by atoms with Gasteiger partial charge in [0.2, 0.25) is 0 Å². The minimum atomic E-state index is -3.80. The summed E-state index contributed by atoms with van der Waals surface area (Å²) in [6.07, 6.45) is 0.845. The van der Waals surface area contributed by atoms with Crippen molar-refractivity contribution in [2.75, 3.05) is 68.5 Å². The third-order valence-electron chi connectivity index (χ3n) is 6.69. The van der Waals surface area contributed by atoms with E-state index in [1.54, 1.807) is 18.2 Å². The highest BCUT2D eigenvalue weighted by molar-refractivity contribution is 7.92. The smallest absolute Gasteiger partial charge is 0.261 e. The maximum absolute atomic E-state index is 13.2. The lowest BCUT2D eigenvalue weighted by atomic mass is 10.1. The van der Waals surface area contributed by atoms with E-state index in [0.717, 1.165) is 63.5 Å². The van der Waals surface area contributed by atoms with Crippen molar-refractivity contribution in [3.8, 4) is 0 Å². The molecule has 0 saturated carbocycles. The van der Waals surface area contributed by atoms with Crippen LogP contribution in [-0.4, -0.2) is 83.0 Å². The predicted octanol–water partition coefficient (Wildman–Crippen LogP) is 2.24. The lowest BCUT2D eigenvalue weighted by Crippen LogP contribution is -2.48. The Balaban J connectivity index is 1.63. The van der Waals surface area contributed by atoms with Crippen molar-refractivity contribution in [1.82, 2.24) is 15.1 Å². The Morgan fingerprint density at radius 1 is 0.941 bits per heavy atom. The normalized spacial score (nSPS) is 17.6. The van der Waals surface area contributed by atoms with E-state index in [1.165, 1.54) is 0 Å². The zero-order valence-electron chi connectivity index (χ0n) is 20.1. The molecule has 2 aromatic carbocycles. The number of benzene rings is 2. The molecule has 2 aliphatic heterocycles. The van der Waals surface area contributed by atoms with Gasteiger partial charge in [-0.1, -0.05) is 26.0 Å². The van der Waals surface area contributed by atoms with Gasteiger partial charge in [-0.15, -0.1) is 0 Å². The van der Waals surface area contributed by atoms with Gasteiger partial charge in [-0.2, -0.15) is 0 Å². The second-order valence-electron chi connectivity index (χ2n) is 8.80. The van der Waals surface area contributed by atoms with Crippen LogP contribution in [-0.2, 0) is 16.4 Å². The predicted molar refractivity (Wildman–Crippen MR) is 136 cm³/mol. The number of sulfonamides is 1. The zero-order valence-corrected chi connectivity index (χ0v) is 20.9. The molecule has 9 heteroatoms. The molecule has 2 heterocycles. The number of nitrogens with one attached hydrogen (secondary N) is 2. The largest absolute Gasteiger partial charge is 0.367 e. The Hall–Kier alpha value is -2.62. The lowest BCUT2D eigenvalue weighted by molar-refractivity contribution is 0.0643. The van der Waals surface area contributed by atoms with Crippen molar-refractivity contribution >= 4 is 27.3 Å². The minimum absolute atomic E-state index is 0.0599. The summed E-state index contributed by atoms with van der Waals surface area (Å²) >= 11 is 0. The van der Waals surface area contributed by atoms with Crippen LogP contribution in [0.5, 0.6) is 0 Å². The van der Waals surface area contributed by atoms with Crippen LogP contribution >= 0.6 is 0 Å². The number of piperazine rings is 2. The van der Waals surface area contributed by atoms with Crippen LogP contribution in [0.15, 0.2) is 47.4 Å². The van der Waals surface area contributed by atoms with Crippen LogP contribution in [0.2, 0.25) is 0 Å². The molecule has 2 aliphatic rings. The first kappa shape index (κ1) is 24.5. The molecule has 184 valence electrons. The lowest BCUT2D eigenvalue weighted by Gasteiger charge is -2.34. The van der Waals surface area contributed by atoms with Crippen LogP contribution in [0.25, 0.3) is 0 Å². The van der Waals surface area contributed by atoms with E-state index >= 15 is 0 Å². The molecule has 2 saturated heterocycles. The van der Waals surface area contributed by atoms with Gasteiger partial charge in [-0.25, -0.2) is 8.42 Å². The molecule has 8 nitrogen and oxygen atoms in total. The second kappa shape index (κ2) is 10.8. The van der Waals surface area contributed by atoms with E-state index in [4.69, 9.17) is 0 Å². The van der Waals surface area contributed by atoms with Gasteiger partial charge in [-0.3, -0.25) is 9.52 Å². The number of amides is 1. The quantitative estimate of drug-likeness (QED) is 0.626. The molecule has 2 N–H and O–H groups in total. The summed E-state index contributed by atoms with van der Waals surface area (Å²) in [4.78, 5) is 19.8. The summed E-state index contributed by atoms with van der Waals surface area (Å²) < 4.78 is 29.3. The molecule has 0 radical (unpaired) electrons. The first-order chi connectivity index (χ1) is 16.4. The molecule has 1 amide bonds. The molecule has 0 unspecified atom stereocenters. The summed E-state index contributed by atoms with van der Waals surface area (Å²) in [6.45, 7) is 11.4. The summed E-state index contributed by atoms with van der Waals surface area (Å²) in [5.41, 5.74) is 2.82. The maximum Gasteiger partial charge on any atom is 0.261 e. The molecule has 0 bridgehead atoms. The van der Waals surface area contributed by atoms with Crippen molar-refractivity contribution in [1.29, 1.82) is 0 Å². The van der Waals surface area contributed by atoms with Crippen LogP contribution in [0.1, 0.15) is 29.8 Å². The van der Waals surface area contributed by atoms with E-state index in [2.05, 4.69) is 26.8 Å². The molecule has 0 spiro atoms. The van der Waals surface area contributed by atoms with Crippen LogP contribution in [0.3, 0.4) is 0 Å². The fraction of sp³-hybridized carbons (Fsp3) is 0.480. The maximum atomic E-state index is 13.2. The number of likely N-dealkylation sites (N-methyl/N-ethyl adjacent to an activating group) is 1. The number of nitrogens with zero attached hydrogens (tertiary/aromatic N) is 3. The zero-order chi connectivity index (χ0) is 24.1. The van der Waals surface area contributed by atoms with Crippen LogP contribution in [0, 0.1) is 0 Å². The monoisotopic (exact) mass is 485 g/mol. The minimum Gasteiger partial charge on any atom is -0.367 e. The second-order valence-corrected chi connectivity index (χ2v) is 10.5. The van der Waals surface area contributed by atoms with Crippen molar-refractivity contribution < 1.29 is 13.2 Å². The summed E-state index contributed by atoms with van der Waals surface area (Å²) in [5, 5.41) is 3.32. The summed E-state index contributed by atoms with van der Waals surface area (Å²) in [7, 11) is -3.80. The van der Waals surface area contributed by atoms with Gasteiger partial charge in [0.15, 0.2) is 0 Å². The van der Waals surface area contributed by atoms with Gasteiger partial charge in [-0.05, 0) is 48.9 Å². The molecular weight excluding hydrogens is 450 g/mol. The fourth-order valence-electron chi connectivity index (χ4n) is 4.49. The number of carbonyl (C=O) groups is 1. The third kappa shape index (κ3) is 5.54. The van der Waals surface area contributed by atoms with Gasteiger partial charge in [0.25, 0.3) is 15.9 Å². The first-order valence-corrected chi connectivity index (χ1v) is 13.6. The summed E-state index contributed by atoms with van der Waals surface area (Å²) in [5.74, 6) is -0.0599. The Bertz CT molecular complexity index is 1090. The van der Waals surface area contributed by atoms with Gasteiger partial charge in [0.1, 0.15) is 0 Å². The average Bonchev–Trinajstić information content (AvgIpc) is 2.88. The number of rotatable bonds is 7. The molecule has 2 fully saturated rings. The fourth-order valence-corrected chi connectivity index (χ4v) is 5.56. The van der Waals surface area contributed by atoms with E-state index in [1.807, 2.05) is 36.1 Å². The molecule has 34 heavy (non-hydrogen) atoms. The average molecular weight is 486 g/mol. The molecule has 0 aliphatic carbocycles. The molecule has 0 aromatic heterocycles. The Morgan fingerprint density at radius 3 is 2.24 bits per heavy atom. The number of anilines is 2. The number of aryl methyl sites for hydroxylation is 1. The van der Waals surface area contributed by atoms with Crippen LogP contribution < -0.4 is 14.9 Å². The Kier molecular flexibility index (Phi) is 7.75. The molecule has 4 rings (SSSR count). The molecule has 2 aromatic rings. The highest BCUT2D eigenvalue weighted by Crippen LogP contribution is 2.30. The van der Waals surface area contributed by atoms with Crippen molar-refractivity contribution in [2.24, 2.45) is 0 Å². The van der Waals surface area contributed by atoms with Crippen molar-refractivity contribution in [3.63, 3.8) is 0 Å². The number of carbonyl (C=O) groups excluding carboxylic acids is 1. The van der Waals surface area contributed by atoms with Gasteiger partial charge in [0.05, 0.1) is 16.3 Å². The molecular formula is C25H35N5O3S. The Morgan fingerprint density at radius 2 is 1.62 bits per heavy atom.